The SMILES string of the molecule is COc1ccc(C(CC(=O)O)c2ccccc2)c(C)c1. The number of hydrogen-bond acceptors (Lipinski definition) is 2. The average molecular weight is 270 g/mol. The van der Waals surface area contributed by atoms with E-state index < -0.39 is 5.97 Å². The maximum Gasteiger partial charge on any atom is 0.304 e. The lowest BCUT2D eigenvalue weighted by Crippen LogP contribution is -2.09. The van der Waals surface area contributed by atoms with E-state index in [2.05, 4.69) is 0 Å². The Balaban J connectivity index is 2.44. The summed E-state index contributed by atoms with van der Waals surface area (Å²) in [5, 5.41) is 9.17. The first-order valence-corrected chi connectivity index (χ1v) is 6.53. The Morgan fingerprint density at radius 1 is 1.20 bits per heavy atom. The van der Waals surface area contributed by atoms with Crippen LogP contribution in [0.2, 0.25) is 0 Å². The zero-order chi connectivity index (χ0) is 14.5. The molecule has 2 aromatic carbocycles. The number of aliphatic carboxylic acids is 1. The summed E-state index contributed by atoms with van der Waals surface area (Å²) in [6, 6.07) is 15.5. The molecular formula is C17H18O3. The van der Waals surface area contributed by atoms with Crippen LogP contribution in [0.1, 0.15) is 29.0 Å². The van der Waals surface area contributed by atoms with E-state index in [9.17, 15) is 9.90 Å². The Hall–Kier alpha value is -2.29. The number of hydrogen-bond donors (Lipinski definition) is 1. The second-order valence-corrected chi connectivity index (χ2v) is 4.78. The van der Waals surface area contributed by atoms with Crippen LogP contribution in [0.15, 0.2) is 48.5 Å². The van der Waals surface area contributed by atoms with Gasteiger partial charge in [-0.1, -0.05) is 36.4 Å². The molecule has 0 amide bonds. The van der Waals surface area contributed by atoms with Crippen LogP contribution in [0.25, 0.3) is 0 Å². The molecular weight excluding hydrogens is 252 g/mol. The number of benzene rings is 2. The Labute approximate surface area is 118 Å². The fraction of sp³-hybridized carbons (Fsp3) is 0.235. The van der Waals surface area contributed by atoms with Gasteiger partial charge in [0, 0.05) is 5.92 Å². The molecule has 0 aliphatic carbocycles. The van der Waals surface area contributed by atoms with Crippen LogP contribution >= 0.6 is 0 Å². The predicted molar refractivity (Wildman–Crippen MR) is 78.3 cm³/mol. The molecule has 0 aliphatic rings. The summed E-state index contributed by atoms with van der Waals surface area (Å²) in [6.07, 6.45) is 0.0805. The van der Waals surface area contributed by atoms with Gasteiger partial charge in [0.2, 0.25) is 0 Å². The molecule has 1 unspecified atom stereocenters. The van der Waals surface area contributed by atoms with E-state index in [4.69, 9.17) is 4.74 Å². The summed E-state index contributed by atoms with van der Waals surface area (Å²) in [7, 11) is 1.63. The molecule has 0 saturated heterocycles. The van der Waals surface area contributed by atoms with E-state index in [0.717, 1.165) is 22.4 Å². The van der Waals surface area contributed by atoms with Crippen molar-refractivity contribution in [3.05, 3.63) is 65.2 Å². The molecule has 0 bridgehead atoms. The molecule has 2 aromatic rings. The lowest BCUT2D eigenvalue weighted by Gasteiger charge is -2.19. The Kier molecular flexibility index (Phi) is 4.41. The highest BCUT2D eigenvalue weighted by Crippen LogP contribution is 2.32. The van der Waals surface area contributed by atoms with Crippen molar-refractivity contribution in [1.82, 2.24) is 0 Å². The van der Waals surface area contributed by atoms with Crippen molar-refractivity contribution < 1.29 is 14.6 Å². The van der Waals surface area contributed by atoms with Gasteiger partial charge in [0.25, 0.3) is 0 Å². The monoisotopic (exact) mass is 270 g/mol. The van der Waals surface area contributed by atoms with Gasteiger partial charge in [0.1, 0.15) is 5.75 Å². The van der Waals surface area contributed by atoms with E-state index in [1.807, 2.05) is 55.5 Å². The molecule has 0 aromatic heterocycles. The smallest absolute Gasteiger partial charge is 0.304 e. The molecule has 104 valence electrons. The van der Waals surface area contributed by atoms with Crippen molar-refractivity contribution >= 4 is 5.97 Å². The third-order valence-electron chi connectivity index (χ3n) is 3.43. The van der Waals surface area contributed by atoms with Crippen molar-refractivity contribution in [3.63, 3.8) is 0 Å². The fourth-order valence-corrected chi connectivity index (χ4v) is 2.43. The van der Waals surface area contributed by atoms with E-state index in [0.29, 0.717) is 0 Å². The Morgan fingerprint density at radius 3 is 2.45 bits per heavy atom. The molecule has 1 atom stereocenters. The van der Waals surface area contributed by atoms with Gasteiger partial charge in [0.05, 0.1) is 13.5 Å². The minimum Gasteiger partial charge on any atom is -0.497 e. The fourth-order valence-electron chi connectivity index (χ4n) is 2.43. The number of carbonyl (C=O) groups is 1. The summed E-state index contributed by atoms with van der Waals surface area (Å²) in [4.78, 5) is 11.2. The van der Waals surface area contributed by atoms with Gasteiger partial charge < -0.3 is 9.84 Å². The topological polar surface area (TPSA) is 46.5 Å². The van der Waals surface area contributed by atoms with Crippen LogP contribution in [0.5, 0.6) is 5.75 Å². The molecule has 3 nitrogen and oxygen atoms in total. The zero-order valence-electron chi connectivity index (χ0n) is 11.7. The maximum atomic E-state index is 11.2. The lowest BCUT2D eigenvalue weighted by atomic mass is 9.86. The van der Waals surface area contributed by atoms with Gasteiger partial charge >= 0.3 is 5.97 Å². The molecule has 20 heavy (non-hydrogen) atoms. The van der Waals surface area contributed by atoms with Gasteiger partial charge in [-0.3, -0.25) is 4.79 Å². The van der Waals surface area contributed by atoms with Crippen molar-refractivity contribution in [2.24, 2.45) is 0 Å². The highest BCUT2D eigenvalue weighted by molar-refractivity contribution is 5.69. The van der Waals surface area contributed by atoms with Gasteiger partial charge in [-0.05, 0) is 35.7 Å². The largest absolute Gasteiger partial charge is 0.497 e. The van der Waals surface area contributed by atoms with Crippen molar-refractivity contribution in [2.45, 2.75) is 19.3 Å². The molecule has 0 spiro atoms. The predicted octanol–water partition coefficient (Wildman–Crippen LogP) is 3.61. The average Bonchev–Trinajstić information content (AvgIpc) is 2.45. The summed E-state index contributed by atoms with van der Waals surface area (Å²) < 4.78 is 5.20. The van der Waals surface area contributed by atoms with Crippen LogP contribution in [0, 0.1) is 6.92 Å². The number of rotatable bonds is 5. The summed E-state index contributed by atoms with van der Waals surface area (Å²) in [6.45, 7) is 1.98. The van der Waals surface area contributed by atoms with Gasteiger partial charge in [0.15, 0.2) is 0 Å². The number of methoxy groups -OCH3 is 1. The number of carboxylic acid groups (broad SMARTS) is 1. The maximum absolute atomic E-state index is 11.2. The second kappa shape index (κ2) is 6.24. The third-order valence-corrected chi connectivity index (χ3v) is 3.43. The van der Waals surface area contributed by atoms with Crippen LogP contribution < -0.4 is 4.74 Å². The van der Waals surface area contributed by atoms with Crippen molar-refractivity contribution in [1.29, 1.82) is 0 Å². The lowest BCUT2D eigenvalue weighted by molar-refractivity contribution is -0.137. The first kappa shape index (κ1) is 14.1. The number of carboxylic acids is 1. The Morgan fingerprint density at radius 2 is 1.90 bits per heavy atom. The van der Waals surface area contributed by atoms with E-state index in [-0.39, 0.29) is 12.3 Å². The van der Waals surface area contributed by atoms with Gasteiger partial charge in [-0.2, -0.15) is 0 Å². The number of ether oxygens (including phenoxy) is 1. The van der Waals surface area contributed by atoms with E-state index >= 15 is 0 Å². The van der Waals surface area contributed by atoms with Crippen LogP contribution in [0.3, 0.4) is 0 Å². The van der Waals surface area contributed by atoms with E-state index in [1.165, 1.54) is 0 Å². The van der Waals surface area contributed by atoms with Gasteiger partial charge in [-0.25, -0.2) is 0 Å². The third kappa shape index (κ3) is 3.18. The molecule has 0 aliphatic heterocycles. The highest BCUT2D eigenvalue weighted by Gasteiger charge is 2.19. The molecule has 0 heterocycles. The van der Waals surface area contributed by atoms with Crippen LogP contribution in [0.4, 0.5) is 0 Å². The summed E-state index contributed by atoms with van der Waals surface area (Å²) in [5.74, 6) is -0.151. The zero-order valence-corrected chi connectivity index (χ0v) is 11.7. The highest BCUT2D eigenvalue weighted by atomic mass is 16.5. The summed E-state index contributed by atoms with van der Waals surface area (Å²) >= 11 is 0. The van der Waals surface area contributed by atoms with E-state index in [1.54, 1.807) is 7.11 Å². The first-order valence-electron chi connectivity index (χ1n) is 6.53. The molecule has 1 N–H and O–H groups in total. The normalized spacial score (nSPS) is 11.9. The number of aryl methyl sites for hydroxylation is 1. The molecule has 3 heteroatoms. The van der Waals surface area contributed by atoms with Gasteiger partial charge in [-0.15, -0.1) is 0 Å². The first-order chi connectivity index (χ1) is 9.61. The van der Waals surface area contributed by atoms with Crippen molar-refractivity contribution in [3.8, 4) is 5.75 Å². The minimum atomic E-state index is -0.797. The molecule has 0 radical (unpaired) electrons. The minimum absolute atomic E-state index is 0.0805. The summed E-state index contributed by atoms with van der Waals surface area (Å²) in [5.41, 5.74) is 3.09. The molecule has 2 rings (SSSR count). The molecule has 0 fully saturated rings. The van der Waals surface area contributed by atoms with Crippen molar-refractivity contribution in [2.75, 3.05) is 7.11 Å². The Bertz CT molecular complexity index is 590. The van der Waals surface area contributed by atoms with Crippen LogP contribution in [-0.2, 0) is 4.79 Å². The molecule has 0 saturated carbocycles. The van der Waals surface area contributed by atoms with Crippen LogP contribution in [-0.4, -0.2) is 18.2 Å². The second-order valence-electron chi connectivity index (χ2n) is 4.78. The standard InChI is InChI=1S/C17H18O3/c1-12-10-14(20-2)8-9-15(12)16(11-17(18)19)13-6-4-3-5-7-13/h3-10,16H,11H2,1-2H3,(H,18,19). The quantitative estimate of drug-likeness (QED) is 0.902.